The second-order valence-electron chi connectivity index (χ2n) is 9.71. The fourth-order valence-corrected chi connectivity index (χ4v) is 4.94. The molecule has 0 aliphatic carbocycles. The number of phenolic OH excluding ortho intramolecular Hbond substituents is 1. The summed E-state index contributed by atoms with van der Waals surface area (Å²) in [6.45, 7) is 3.81. The first-order valence-electron chi connectivity index (χ1n) is 13.4. The largest absolute Gasteiger partial charge is 0.504 e. The molecule has 1 aromatic heterocycles. The van der Waals surface area contributed by atoms with Gasteiger partial charge < -0.3 is 35.0 Å². The molecule has 11 heteroatoms. The van der Waals surface area contributed by atoms with Gasteiger partial charge in [-0.2, -0.15) is 15.0 Å². The fourth-order valence-electron chi connectivity index (χ4n) is 4.94. The first-order chi connectivity index (χ1) is 19.1. The summed E-state index contributed by atoms with van der Waals surface area (Å²) >= 11 is 0. The Kier molecular flexibility index (Phi) is 8.14. The molecule has 2 aliphatic heterocycles. The van der Waals surface area contributed by atoms with Gasteiger partial charge in [0, 0.05) is 37.6 Å². The van der Waals surface area contributed by atoms with Gasteiger partial charge in [-0.3, -0.25) is 4.79 Å². The van der Waals surface area contributed by atoms with Gasteiger partial charge >= 0.3 is 0 Å². The molecule has 0 atom stereocenters. The van der Waals surface area contributed by atoms with Crippen molar-refractivity contribution >= 4 is 35.1 Å². The highest BCUT2D eigenvalue weighted by Crippen LogP contribution is 2.39. The topological polar surface area (TPSA) is 125 Å². The number of hydrogen-bond donors (Lipinski definition) is 3. The highest BCUT2D eigenvalue weighted by molar-refractivity contribution is 6.07. The summed E-state index contributed by atoms with van der Waals surface area (Å²) in [6.07, 6.45) is 7.04. The minimum Gasteiger partial charge on any atom is -0.504 e. The number of anilines is 5. The van der Waals surface area contributed by atoms with E-state index in [1.54, 1.807) is 18.2 Å². The molecule has 2 fully saturated rings. The molecule has 206 valence electrons. The number of ether oxygens (including phenoxy) is 2. The third-order valence-corrected chi connectivity index (χ3v) is 7.05. The van der Waals surface area contributed by atoms with Crippen LogP contribution in [0, 0.1) is 0 Å². The summed E-state index contributed by atoms with van der Waals surface area (Å²) in [6, 6.07) is 10.3. The molecule has 11 nitrogen and oxygen atoms in total. The molecule has 2 aromatic carbocycles. The lowest BCUT2D eigenvalue weighted by molar-refractivity contribution is 0.102. The minimum absolute atomic E-state index is 0.0792. The number of benzene rings is 2. The zero-order chi connectivity index (χ0) is 27.2. The Hall–Kier alpha value is -4.28. The van der Waals surface area contributed by atoms with Crippen molar-refractivity contribution in [3.8, 4) is 17.2 Å². The van der Waals surface area contributed by atoms with E-state index < -0.39 is 5.91 Å². The normalized spacial score (nSPS) is 15.5. The van der Waals surface area contributed by atoms with Crippen LogP contribution in [0.5, 0.6) is 17.2 Å². The zero-order valence-corrected chi connectivity index (χ0v) is 22.4. The third kappa shape index (κ3) is 6.08. The number of aromatic nitrogens is 3. The summed E-state index contributed by atoms with van der Waals surface area (Å²) in [5.41, 5.74) is 1.43. The Bertz CT molecular complexity index is 1250. The third-order valence-electron chi connectivity index (χ3n) is 7.05. The number of phenols is 1. The number of aromatic hydroxyl groups is 1. The molecule has 1 amide bonds. The number of nitrogens with zero attached hydrogens (tertiary/aromatic N) is 5. The van der Waals surface area contributed by atoms with Crippen LogP contribution in [-0.2, 0) is 0 Å². The van der Waals surface area contributed by atoms with Crippen molar-refractivity contribution in [1.82, 2.24) is 15.0 Å². The number of carbonyl (C=O) groups excluding carboxylic acids is 1. The first-order valence-corrected chi connectivity index (χ1v) is 13.4. The Morgan fingerprint density at radius 1 is 0.769 bits per heavy atom. The number of carbonyl (C=O) groups is 1. The maximum absolute atomic E-state index is 12.8. The van der Waals surface area contributed by atoms with Crippen molar-refractivity contribution in [2.45, 2.75) is 38.5 Å². The van der Waals surface area contributed by atoms with Crippen LogP contribution < -0.4 is 29.9 Å². The summed E-state index contributed by atoms with van der Waals surface area (Å²) in [5, 5.41) is 16.6. The van der Waals surface area contributed by atoms with Crippen molar-refractivity contribution in [3.63, 3.8) is 0 Å². The van der Waals surface area contributed by atoms with Gasteiger partial charge in [0.1, 0.15) is 0 Å². The highest BCUT2D eigenvalue weighted by atomic mass is 16.5. The lowest BCUT2D eigenvalue weighted by Crippen LogP contribution is -2.34. The maximum atomic E-state index is 12.8. The molecule has 5 rings (SSSR count). The van der Waals surface area contributed by atoms with E-state index in [1.165, 1.54) is 33.1 Å². The molecular formula is C28H35N7O4. The van der Waals surface area contributed by atoms with E-state index in [1.807, 2.05) is 12.1 Å². The molecular weight excluding hydrogens is 498 g/mol. The fraction of sp³-hybridized carbons (Fsp3) is 0.429. The van der Waals surface area contributed by atoms with Gasteiger partial charge in [0.15, 0.2) is 11.5 Å². The van der Waals surface area contributed by atoms with E-state index in [0.717, 1.165) is 57.5 Å². The molecule has 3 aromatic rings. The zero-order valence-electron chi connectivity index (χ0n) is 22.4. The van der Waals surface area contributed by atoms with Gasteiger partial charge in [-0.25, -0.2) is 0 Å². The van der Waals surface area contributed by atoms with Crippen LogP contribution in [0.15, 0.2) is 36.4 Å². The Morgan fingerprint density at radius 3 is 1.87 bits per heavy atom. The average molecular weight is 534 g/mol. The van der Waals surface area contributed by atoms with Crippen molar-refractivity contribution in [2.24, 2.45) is 0 Å². The number of amides is 1. The molecule has 0 spiro atoms. The second-order valence-corrected chi connectivity index (χ2v) is 9.71. The quantitative estimate of drug-likeness (QED) is 0.379. The standard InChI is InChI=1S/C28H35N7O4/c1-38-22-14-13-21(23(36)24(22)39-2)25(37)29-19-9-11-20(12-10-19)30-26-31-27(34-15-5-3-6-16-34)33-28(32-26)35-17-7-4-8-18-35/h9-14,36H,3-8,15-18H2,1-2H3,(H,29,37)(H,30,31,32,33). The molecule has 3 N–H and O–H groups in total. The highest BCUT2D eigenvalue weighted by Gasteiger charge is 2.21. The van der Waals surface area contributed by atoms with Crippen LogP contribution in [0.2, 0.25) is 0 Å². The summed E-state index contributed by atoms with van der Waals surface area (Å²) in [5.74, 6) is 1.62. The lowest BCUT2D eigenvalue weighted by Gasteiger charge is -2.30. The first kappa shape index (κ1) is 26.3. The SMILES string of the molecule is COc1ccc(C(=O)Nc2ccc(Nc3nc(N4CCCCC4)nc(N4CCCCC4)n3)cc2)c(O)c1OC. The molecule has 0 saturated carbocycles. The monoisotopic (exact) mass is 533 g/mol. The Labute approximate surface area is 228 Å². The lowest BCUT2D eigenvalue weighted by atomic mass is 10.1. The van der Waals surface area contributed by atoms with Crippen LogP contribution in [0.1, 0.15) is 48.9 Å². The second kappa shape index (κ2) is 12.1. The van der Waals surface area contributed by atoms with Gasteiger partial charge in [0.25, 0.3) is 5.91 Å². The van der Waals surface area contributed by atoms with Crippen LogP contribution in [-0.4, -0.2) is 66.4 Å². The maximum Gasteiger partial charge on any atom is 0.259 e. The van der Waals surface area contributed by atoms with Gasteiger partial charge in [-0.15, -0.1) is 0 Å². The molecule has 3 heterocycles. The van der Waals surface area contributed by atoms with Crippen molar-refractivity contribution in [1.29, 1.82) is 0 Å². The van der Waals surface area contributed by atoms with E-state index in [2.05, 4.69) is 20.4 Å². The summed E-state index contributed by atoms with van der Waals surface area (Å²) in [7, 11) is 2.87. The number of piperidine rings is 2. The van der Waals surface area contributed by atoms with Crippen LogP contribution in [0.4, 0.5) is 29.2 Å². The van der Waals surface area contributed by atoms with E-state index in [-0.39, 0.29) is 17.1 Å². The minimum atomic E-state index is -0.469. The van der Waals surface area contributed by atoms with Gasteiger partial charge in [0.05, 0.1) is 19.8 Å². The molecule has 0 radical (unpaired) electrons. The predicted octanol–water partition coefficient (Wildman–Crippen LogP) is 4.57. The van der Waals surface area contributed by atoms with Crippen LogP contribution >= 0.6 is 0 Å². The molecule has 0 unspecified atom stereocenters. The summed E-state index contributed by atoms with van der Waals surface area (Å²) < 4.78 is 10.4. The number of nitrogens with one attached hydrogen (secondary N) is 2. The van der Waals surface area contributed by atoms with Crippen LogP contribution in [0.25, 0.3) is 0 Å². The Balaban J connectivity index is 1.32. The van der Waals surface area contributed by atoms with Gasteiger partial charge in [-0.1, -0.05) is 0 Å². The molecule has 0 bridgehead atoms. The van der Waals surface area contributed by atoms with Gasteiger partial charge in [0.2, 0.25) is 23.6 Å². The van der Waals surface area contributed by atoms with E-state index in [4.69, 9.17) is 24.4 Å². The summed E-state index contributed by atoms with van der Waals surface area (Å²) in [4.78, 5) is 31.6. The Morgan fingerprint density at radius 2 is 1.33 bits per heavy atom. The predicted molar refractivity (Wildman–Crippen MR) is 151 cm³/mol. The molecule has 39 heavy (non-hydrogen) atoms. The number of rotatable bonds is 8. The number of methoxy groups -OCH3 is 2. The molecule has 2 saturated heterocycles. The van der Waals surface area contributed by atoms with Crippen molar-refractivity contribution in [3.05, 3.63) is 42.0 Å². The smallest absolute Gasteiger partial charge is 0.259 e. The van der Waals surface area contributed by atoms with E-state index in [0.29, 0.717) is 29.3 Å². The van der Waals surface area contributed by atoms with E-state index >= 15 is 0 Å². The van der Waals surface area contributed by atoms with E-state index in [9.17, 15) is 9.90 Å². The van der Waals surface area contributed by atoms with Gasteiger partial charge in [-0.05, 0) is 74.9 Å². The van der Waals surface area contributed by atoms with Crippen molar-refractivity contribution in [2.75, 3.05) is 60.8 Å². The van der Waals surface area contributed by atoms with Crippen molar-refractivity contribution < 1.29 is 19.4 Å². The average Bonchev–Trinajstić information content (AvgIpc) is 2.98. The number of hydrogen-bond acceptors (Lipinski definition) is 10. The molecule has 2 aliphatic rings. The van der Waals surface area contributed by atoms with Crippen LogP contribution in [0.3, 0.4) is 0 Å².